The van der Waals surface area contributed by atoms with E-state index >= 15 is 0 Å². The highest BCUT2D eigenvalue weighted by Crippen LogP contribution is 2.28. The lowest BCUT2D eigenvalue weighted by molar-refractivity contribution is 0.104. The number of carbonyl (C=O) groups is 1. The van der Waals surface area contributed by atoms with Gasteiger partial charge in [-0.15, -0.1) is 0 Å². The van der Waals surface area contributed by atoms with Gasteiger partial charge in [0.2, 0.25) is 0 Å². The molecule has 3 aromatic carbocycles. The van der Waals surface area contributed by atoms with Crippen molar-refractivity contribution in [2.75, 3.05) is 11.4 Å². The Kier molecular flexibility index (Phi) is 5.66. The monoisotopic (exact) mass is 482 g/mol. The Morgan fingerprint density at radius 3 is 2.40 bits per heavy atom. The normalized spacial score (nSPS) is 11.5. The van der Waals surface area contributed by atoms with E-state index in [4.69, 9.17) is 0 Å². The summed E-state index contributed by atoms with van der Waals surface area (Å²) in [4.78, 5) is 17.6. The summed E-state index contributed by atoms with van der Waals surface area (Å²) in [6.45, 7) is 1.91. The van der Waals surface area contributed by atoms with Gasteiger partial charge in [-0.1, -0.05) is 60.2 Å². The lowest BCUT2D eigenvalue weighted by atomic mass is 10.1. The summed E-state index contributed by atoms with van der Waals surface area (Å²) in [6.07, 6.45) is 3.13. The Bertz CT molecular complexity index is 1640. The molecule has 2 aromatic heterocycles. The minimum Gasteiger partial charge on any atom is -0.288 e. The molecule has 8 heteroatoms. The summed E-state index contributed by atoms with van der Waals surface area (Å²) < 4.78 is 29.2. The van der Waals surface area contributed by atoms with E-state index in [0.717, 1.165) is 11.1 Å². The molecule has 0 atom stereocenters. The summed E-state index contributed by atoms with van der Waals surface area (Å²) in [5, 5.41) is 4.42. The Balaban J connectivity index is 1.54. The molecule has 35 heavy (non-hydrogen) atoms. The zero-order valence-electron chi connectivity index (χ0n) is 19.2. The number of sulfonamides is 1. The molecular formula is C27H22N4O3S. The van der Waals surface area contributed by atoms with E-state index in [0.29, 0.717) is 28.2 Å². The highest BCUT2D eigenvalue weighted by molar-refractivity contribution is 7.92. The van der Waals surface area contributed by atoms with E-state index in [-0.39, 0.29) is 10.7 Å². The molecule has 0 aliphatic carbocycles. The first-order chi connectivity index (χ1) is 16.9. The van der Waals surface area contributed by atoms with Crippen LogP contribution in [0.15, 0.2) is 102 Å². The van der Waals surface area contributed by atoms with Gasteiger partial charge in [-0.25, -0.2) is 17.9 Å². The predicted octanol–water partition coefficient (Wildman–Crippen LogP) is 4.76. The van der Waals surface area contributed by atoms with E-state index in [1.807, 2.05) is 31.2 Å². The fourth-order valence-electron chi connectivity index (χ4n) is 3.88. The third-order valence-corrected chi connectivity index (χ3v) is 7.67. The number of rotatable bonds is 6. The number of aryl methyl sites for hydroxylation is 1. The van der Waals surface area contributed by atoms with E-state index in [9.17, 15) is 13.2 Å². The largest absolute Gasteiger partial charge is 0.288 e. The number of hydrogen-bond acceptors (Lipinski definition) is 5. The topological polar surface area (TPSA) is 84.6 Å². The minimum atomic E-state index is -3.73. The van der Waals surface area contributed by atoms with E-state index in [2.05, 4.69) is 10.1 Å². The Morgan fingerprint density at radius 2 is 1.66 bits per heavy atom. The maximum absolute atomic E-state index is 13.2. The summed E-state index contributed by atoms with van der Waals surface area (Å²) in [7, 11) is -2.21. The SMILES string of the molecule is Cc1ccc(S(=O)(=O)N(C)c2cccc(-c3ccnc4c(C(=O)c5ccccc5)cnn34)c2)cc1. The molecule has 5 aromatic rings. The van der Waals surface area contributed by atoms with Crippen molar-refractivity contribution in [2.24, 2.45) is 0 Å². The van der Waals surface area contributed by atoms with Crippen molar-refractivity contribution >= 4 is 27.1 Å². The van der Waals surface area contributed by atoms with Gasteiger partial charge in [0.15, 0.2) is 11.4 Å². The first-order valence-corrected chi connectivity index (χ1v) is 12.4. The number of benzene rings is 3. The van der Waals surface area contributed by atoms with Crippen LogP contribution in [0.4, 0.5) is 5.69 Å². The van der Waals surface area contributed by atoms with E-state index < -0.39 is 10.0 Å². The molecule has 0 saturated carbocycles. The molecule has 2 heterocycles. The van der Waals surface area contributed by atoms with Crippen LogP contribution in [-0.4, -0.2) is 35.8 Å². The number of hydrogen-bond donors (Lipinski definition) is 0. The lowest BCUT2D eigenvalue weighted by Gasteiger charge is -2.20. The van der Waals surface area contributed by atoms with E-state index in [1.54, 1.807) is 71.4 Å². The van der Waals surface area contributed by atoms with Gasteiger partial charge in [-0.3, -0.25) is 9.10 Å². The maximum Gasteiger partial charge on any atom is 0.264 e. The molecule has 0 saturated heterocycles. The van der Waals surface area contributed by atoms with Crippen LogP contribution in [0.5, 0.6) is 0 Å². The summed E-state index contributed by atoms with van der Waals surface area (Å²) in [5.41, 5.74) is 4.29. The zero-order chi connectivity index (χ0) is 24.6. The van der Waals surface area contributed by atoms with Crippen LogP contribution in [0.1, 0.15) is 21.5 Å². The predicted molar refractivity (Wildman–Crippen MR) is 135 cm³/mol. The van der Waals surface area contributed by atoms with Crippen molar-refractivity contribution in [1.82, 2.24) is 14.6 Å². The molecule has 0 unspecified atom stereocenters. The molecule has 0 radical (unpaired) electrons. The van der Waals surface area contributed by atoms with Crippen molar-refractivity contribution in [3.63, 3.8) is 0 Å². The fraction of sp³-hybridized carbons (Fsp3) is 0.0741. The van der Waals surface area contributed by atoms with Gasteiger partial charge >= 0.3 is 0 Å². The zero-order valence-corrected chi connectivity index (χ0v) is 20.0. The average molecular weight is 483 g/mol. The van der Waals surface area contributed by atoms with Gasteiger partial charge in [0, 0.05) is 24.4 Å². The van der Waals surface area contributed by atoms with Crippen molar-refractivity contribution in [3.05, 3.63) is 114 Å². The molecule has 0 aliphatic heterocycles. The van der Waals surface area contributed by atoms with Gasteiger partial charge in [0.05, 0.1) is 28.0 Å². The van der Waals surface area contributed by atoms with Gasteiger partial charge in [0.1, 0.15) is 0 Å². The van der Waals surface area contributed by atoms with Crippen LogP contribution in [0.2, 0.25) is 0 Å². The summed E-state index contributed by atoms with van der Waals surface area (Å²) >= 11 is 0. The number of carbonyl (C=O) groups excluding carboxylic acids is 1. The van der Waals surface area contributed by atoms with Gasteiger partial charge < -0.3 is 0 Å². The third-order valence-electron chi connectivity index (χ3n) is 5.87. The first kappa shape index (κ1) is 22.5. The second kappa shape index (κ2) is 8.81. The molecule has 0 spiro atoms. The smallest absolute Gasteiger partial charge is 0.264 e. The first-order valence-electron chi connectivity index (χ1n) is 10.9. The number of anilines is 1. The third kappa shape index (κ3) is 4.08. The molecule has 174 valence electrons. The molecule has 0 aliphatic rings. The highest BCUT2D eigenvalue weighted by Gasteiger charge is 2.22. The Hall–Kier alpha value is -4.30. The molecule has 0 fully saturated rings. The lowest BCUT2D eigenvalue weighted by Crippen LogP contribution is -2.26. The van der Waals surface area contributed by atoms with E-state index in [1.165, 1.54) is 17.5 Å². The Morgan fingerprint density at radius 1 is 0.914 bits per heavy atom. The van der Waals surface area contributed by atoms with Crippen molar-refractivity contribution in [3.8, 4) is 11.3 Å². The van der Waals surface area contributed by atoms with Crippen molar-refractivity contribution in [1.29, 1.82) is 0 Å². The van der Waals surface area contributed by atoms with Crippen LogP contribution in [-0.2, 0) is 10.0 Å². The van der Waals surface area contributed by atoms with Gasteiger partial charge in [0.25, 0.3) is 10.0 Å². The maximum atomic E-state index is 13.2. The fourth-order valence-corrected chi connectivity index (χ4v) is 5.07. The van der Waals surface area contributed by atoms with Crippen LogP contribution in [0, 0.1) is 6.92 Å². The number of fused-ring (bicyclic) bond motifs is 1. The second-order valence-corrected chi connectivity index (χ2v) is 10.1. The molecule has 7 nitrogen and oxygen atoms in total. The molecule has 0 N–H and O–H groups in total. The molecular weight excluding hydrogens is 460 g/mol. The van der Waals surface area contributed by atoms with Crippen molar-refractivity contribution in [2.45, 2.75) is 11.8 Å². The quantitative estimate of drug-likeness (QED) is 0.326. The number of nitrogens with zero attached hydrogens (tertiary/aromatic N) is 4. The van der Waals surface area contributed by atoms with Gasteiger partial charge in [-0.05, 0) is 37.3 Å². The van der Waals surface area contributed by atoms with Crippen molar-refractivity contribution < 1.29 is 13.2 Å². The molecule has 5 rings (SSSR count). The minimum absolute atomic E-state index is 0.164. The summed E-state index contributed by atoms with van der Waals surface area (Å²) in [5.74, 6) is -0.164. The Labute approximate surface area is 203 Å². The standard InChI is InChI=1S/C27H22N4O3S/c1-19-11-13-23(14-12-19)35(33,34)30(2)22-10-6-9-21(17-22)25-15-16-28-27-24(18-29-31(25)27)26(32)20-7-4-3-5-8-20/h3-18H,1-2H3. The second-order valence-electron chi connectivity index (χ2n) is 8.15. The van der Waals surface area contributed by atoms with Crippen LogP contribution in [0.3, 0.4) is 0 Å². The highest BCUT2D eigenvalue weighted by atomic mass is 32.2. The van der Waals surface area contributed by atoms with Crippen LogP contribution >= 0.6 is 0 Å². The number of ketones is 1. The molecule has 0 bridgehead atoms. The number of aromatic nitrogens is 3. The van der Waals surface area contributed by atoms with Crippen LogP contribution in [0.25, 0.3) is 16.9 Å². The van der Waals surface area contributed by atoms with Crippen LogP contribution < -0.4 is 4.31 Å². The van der Waals surface area contributed by atoms with Gasteiger partial charge in [-0.2, -0.15) is 5.10 Å². The molecule has 0 amide bonds. The summed E-state index contributed by atoms with van der Waals surface area (Å²) in [6, 6.07) is 24.7. The average Bonchev–Trinajstić information content (AvgIpc) is 3.33.